The fourth-order valence-electron chi connectivity index (χ4n) is 4.72. The number of carbonyl (C=O) groups excluding carboxylic acids is 1. The summed E-state index contributed by atoms with van der Waals surface area (Å²) in [5.41, 5.74) is 12.8. The van der Waals surface area contributed by atoms with E-state index in [1.807, 2.05) is 55.6 Å². The molecule has 1 fully saturated rings. The Balaban J connectivity index is 1.30. The van der Waals surface area contributed by atoms with Crippen molar-refractivity contribution in [2.24, 2.45) is 0 Å². The van der Waals surface area contributed by atoms with Gasteiger partial charge in [-0.1, -0.05) is 30.3 Å². The van der Waals surface area contributed by atoms with Crippen LogP contribution in [0.1, 0.15) is 44.3 Å². The number of hydrogen-bond acceptors (Lipinski definition) is 5. The number of imidazole rings is 1. The predicted octanol–water partition coefficient (Wildman–Crippen LogP) is 5.99. The monoisotopic (exact) mass is 479 g/mol. The number of nitrogens with two attached hydrogens (primary N) is 1. The van der Waals surface area contributed by atoms with Gasteiger partial charge < -0.3 is 11.1 Å². The van der Waals surface area contributed by atoms with Crippen molar-refractivity contribution >= 4 is 34.3 Å². The minimum absolute atomic E-state index is 0.0824. The van der Waals surface area contributed by atoms with Crippen LogP contribution in [-0.2, 0) is 5.41 Å². The van der Waals surface area contributed by atoms with Gasteiger partial charge in [-0.05, 0) is 68.7 Å². The highest BCUT2D eigenvalue weighted by atomic mass is 32.1. The summed E-state index contributed by atoms with van der Waals surface area (Å²) in [5.74, 6) is -0.172. The van der Waals surface area contributed by atoms with Crippen LogP contribution in [0.3, 0.4) is 0 Å². The lowest BCUT2D eigenvalue weighted by atomic mass is 9.95. The first-order valence-corrected chi connectivity index (χ1v) is 12.5. The van der Waals surface area contributed by atoms with Gasteiger partial charge in [-0.15, -0.1) is 11.3 Å². The summed E-state index contributed by atoms with van der Waals surface area (Å²) in [5, 5.41) is 4.03. The Morgan fingerprint density at radius 2 is 1.74 bits per heavy atom. The molecular formula is C28H25N5OS. The fourth-order valence-corrected chi connectivity index (χ4v) is 5.90. The van der Waals surface area contributed by atoms with Crippen LogP contribution in [0.5, 0.6) is 0 Å². The first-order chi connectivity index (χ1) is 17.0. The lowest BCUT2D eigenvalue weighted by Gasteiger charge is -2.14. The van der Waals surface area contributed by atoms with Gasteiger partial charge in [-0.3, -0.25) is 9.20 Å². The number of hydrogen-bond donors (Lipinski definition) is 2. The number of pyridine rings is 1. The molecule has 0 spiro atoms. The molecule has 1 aliphatic rings. The Morgan fingerprint density at radius 1 is 1.00 bits per heavy atom. The molecule has 3 heterocycles. The number of fused-ring (bicyclic) bond motifs is 1. The topological polar surface area (TPSA) is 85.3 Å². The number of nitrogen functional groups attached to an aromatic ring is 1. The van der Waals surface area contributed by atoms with Crippen LogP contribution in [0.2, 0.25) is 0 Å². The van der Waals surface area contributed by atoms with E-state index < -0.39 is 0 Å². The molecule has 6 nitrogen and oxygen atoms in total. The third-order valence-corrected chi connectivity index (χ3v) is 7.97. The Labute approximate surface area is 207 Å². The smallest absolute Gasteiger partial charge is 0.255 e. The Bertz CT molecular complexity index is 1580. The van der Waals surface area contributed by atoms with Crippen molar-refractivity contribution in [2.45, 2.75) is 32.1 Å². The summed E-state index contributed by atoms with van der Waals surface area (Å²) in [6.07, 6.45) is 4.15. The lowest BCUT2D eigenvalue weighted by Crippen LogP contribution is -2.14. The van der Waals surface area contributed by atoms with E-state index in [2.05, 4.69) is 28.8 Å². The minimum Gasteiger partial charge on any atom is -0.397 e. The second-order valence-electron chi connectivity index (χ2n) is 9.10. The molecule has 35 heavy (non-hydrogen) atoms. The van der Waals surface area contributed by atoms with Crippen LogP contribution < -0.4 is 11.1 Å². The predicted molar refractivity (Wildman–Crippen MR) is 141 cm³/mol. The normalized spacial score (nSPS) is 14.2. The number of rotatable bonds is 5. The molecule has 0 aliphatic heterocycles. The van der Waals surface area contributed by atoms with Crippen molar-refractivity contribution < 1.29 is 4.79 Å². The highest BCUT2D eigenvalue weighted by Gasteiger charge is 2.49. The molecule has 3 aromatic heterocycles. The van der Waals surface area contributed by atoms with Gasteiger partial charge >= 0.3 is 0 Å². The van der Waals surface area contributed by atoms with Gasteiger partial charge in [-0.25, -0.2) is 9.97 Å². The van der Waals surface area contributed by atoms with E-state index >= 15 is 0 Å². The van der Waals surface area contributed by atoms with Gasteiger partial charge in [0.05, 0.1) is 22.8 Å². The van der Waals surface area contributed by atoms with Crippen molar-refractivity contribution in [1.82, 2.24) is 14.4 Å². The molecular weight excluding hydrogens is 454 g/mol. The van der Waals surface area contributed by atoms with E-state index in [1.54, 1.807) is 23.5 Å². The molecule has 6 rings (SSSR count). The molecule has 3 N–H and O–H groups in total. The first kappa shape index (κ1) is 21.6. The van der Waals surface area contributed by atoms with E-state index in [9.17, 15) is 4.79 Å². The van der Waals surface area contributed by atoms with Crippen LogP contribution in [0, 0.1) is 13.8 Å². The maximum atomic E-state index is 12.7. The number of nitrogens with one attached hydrogen (secondary N) is 1. The zero-order valence-electron chi connectivity index (χ0n) is 19.6. The van der Waals surface area contributed by atoms with Crippen LogP contribution >= 0.6 is 11.3 Å². The molecule has 5 aromatic rings. The largest absolute Gasteiger partial charge is 0.397 e. The average molecular weight is 480 g/mol. The molecule has 1 saturated carbocycles. The van der Waals surface area contributed by atoms with Crippen molar-refractivity contribution in [1.29, 1.82) is 0 Å². The molecule has 0 radical (unpaired) electrons. The Kier molecular flexibility index (Phi) is 4.96. The van der Waals surface area contributed by atoms with Crippen LogP contribution in [-0.4, -0.2) is 20.3 Å². The average Bonchev–Trinajstić information content (AvgIpc) is 3.49. The van der Waals surface area contributed by atoms with Crippen LogP contribution in [0.15, 0.2) is 72.9 Å². The maximum absolute atomic E-state index is 12.7. The summed E-state index contributed by atoms with van der Waals surface area (Å²) in [7, 11) is 0. The summed E-state index contributed by atoms with van der Waals surface area (Å²) < 4.78 is 2.12. The fraction of sp³-hybridized carbons (Fsp3) is 0.179. The summed E-state index contributed by atoms with van der Waals surface area (Å²) in [4.78, 5) is 23.8. The second-order valence-corrected chi connectivity index (χ2v) is 10.3. The van der Waals surface area contributed by atoms with Crippen LogP contribution in [0.4, 0.5) is 11.4 Å². The molecule has 0 atom stereocenters. The minimum atomic E-state index is -0.172. The van der Waals surface area contributed by atoms with Crippen molar-refractivity contribution in [2.75, 3.05) is 11.1 Å². The Morgan fingerprint density at radius 3 is 2.49 bits per heavy atom. The van der Waals surface area contributed by atoms with Gasteiger partial charge in [0.1, 0.15) is 16.3 Å². The molecule has 0 bridgehead atoms. The van der Waals surface area contributed by atoms with E-state index in [4.69, 9.17) is 15.7 Å². The standard InChI is InChI=1S/C28H25N5OS/c1-17-25(33-16-6-5-9-23(33)30-17)24-18(2)35-27(32-24)28(14-15-28)20-12-10-19(11-13-20)26(34)31-22-8-4-3-7-21(22)29/h3-13,16H,14-15,29H2,1-2H3,(H,31,34). The van der Waals surface area contributed by atoms with E-state index in [-0.39, 0.29) is 11.3 Å². The number of thiazole rings is 1. The van der Waals surface area contributed by atoms with Gasteiger partial charge in [0.15, 0.2) is 0 Å². The highest BCUT2D eigenvalue weighted by Crippen LogP contribution is 2.55. The second kappa shape index (κ2) is 8.06. The first-order valence-electron chi connectivity index (χ1n) is 11.6. The Hall–Kier alpha value is -3.97. The van der Waals surface area contributed by atoms with E-state index in [0.29, 0.717) is 16.9 Å². The number of aryl methyl sites for hydroxylation is 2. The number of benzene rings is 2. The molecule has 0 saturated heterocycles. The molecule has 1 aliphatic carbocycles. The molecule has 1 amide bonds. The number of para-hydroxylation sites is 2. The third kappa shape index (κ3) is 3.59. The van der Waals surface area contributed by atoms with Gasteiger partial charge in [0.25, 0.3) is 5.91 Å². The number of aromatic nitrogens is 3. The zero-order valence-corrected chi connectivity index (χ0v) is 20.4. The SMILES string of the molecule is Cc1nc2ccccn2c1-c1nc(C2(c3ccc(C(=O)Nc4ccccc4N)cc3)CC2)sc1C. The van der Waals surface area contributed by atoms with Crippen molar-refractivity contribution in [3.05, 3.63) is 99.6 Å². The van der Waals surface area contributed by atoms with Crippen molar-refractivity contribution in [3.8, 4) is 11.4 Å². The van der Waals surface area contributed by atoms with E-state index in [1.165, 1.54) is 10.4 Å². The number of anilines is 2. The summed E-state index contributed by atoms with van der Waals surface area (Å²) in [6.45, 7) is 4.18. The molecule has 174 valence electrons. The van der Waals surface area contributed by atoms with Crippen molar-refractivity contribution in [3.63, 3.8) is 0 Å². The lowest BCUT2D eigenvalue weighted by molar-refractivity contribution is 0.102. The third-order valence-electron chi connectivity index (χ3n) is 6.79. The van der Waals surface area contributed by atoms with Gasteiger partial charge in [0.2, 0.25) is 0 Å². The number of carbonyl (C=O) groups is 1. The summed E-state index contributed by atoms with van der Waals surface area (Å²) >= 11 is 1.76. The highest BCUT2D eigenvalue weighted by molar-refractivity contribution is 7.12. The van der Waals surface area contributed by atoms with Gasteiger partial charge in [-0.2, -0.15) is 0 Å². The molecule has 7 heteroatoms. The van der Waals surface area contributed by atoms with E-state index in [0.717, 1.165) is 40.6 Å². The zero-order chi connectivity index (χ0) is 24.2. The van der Waals surface area contributed by atoms with Gasteiger partial charge in [0, 0.05) is 22.1 Å². The molecule has 0 unspecified atom stereocenters. The van der Waals surface area contributed by atoms with Crippen LogP contribution in [0.25, 0.3) is 17.0 Å². The quantitative estimate of drug-likeness (QED) is 0.303. The summed E-state index contributed by atoms with van der Waals surface area (Å²) in [6, 6.07) is 21.2. The molecule has 2 aromatic carbocycles. The number of nitrogens with zero attached hydrogens (tertiary/aromatic N) is 3. The maximum Gasteiger partial charge on any atom is 0.255 e. The number of amides is 1.